The first-order valence-electron chi connectivity index (χ1n) is 10.1. The van der Waals surface area contributed by atoms with Crippen LogP contribution in [0.5, 0.6) is 0 Å². The number of nitrogens with zero attached hydrogens (tertiary/aromatic N) is 3. The first-order chi connectivity index (χ1) is 14.2. The Balaban J connectivity index is 1.37. The molecule has 0 radical (unpaired) electrons. The van der Waals surface area contributed by atoms with Gasteiger partial charge in [-0.25, -0.2) is 14.4 Å². The van der Waals surface area contributed by atoms with Gasteiger partial charge in [-0.05, 0) is 49.1 Å². The lowest BCUT2D eigenvalue weighted by molar-refractivity contribution is 0.438. The molecule has 1 saturated heterocycles. The zero-order valence-electron chi connectivity index (χ0n) is 16.6. The zero-order valence-corrected chi connectivity index (χ0v) is 16.6. The fourth-order valence-corrected chi connectivity index (χ4v) is 3.52. The van der Waals surface area contributed by atoms with Crippen LogP contribution in [0.3, 0.4) is 0 Å². The number of benzene rings is 2. The van der Waals surface area contributed by atoms with Crippen LogP contribution in [-0.2, 0) is 6.54 Å². The van der Waals surface area contributed by atoms with Gasteiger partial charge in [0.05, 0.1) is 0 Å². The van der Waals surface area contributed by atoms with E-state index in [1.807, 2.05) is 12.1 Å². The Hall–Kier alpha value is -3.15. The van der Waals surface area contributed by atoms with Crippen LogP contribution in [0.25, 0.3) is 0 Å². The molecule has 0 atom stereocenters. The average molecular weight is 391 g/mol. The second-order valence-corrected chi connectivity index (χ2v) is 7.57. The van der Waals surface area contributed by atoms with Crippen LogP contribution in [0.2, 0.25) is 0 Å². The molecule has 150 valence electrons. The minimum Gasteiger partial charge on any atom is -0.372 e. The van der Waals surface area contributed by atoms with E-state index in [9.17, 15) is 4.39 Å². The van der Waals surface area contributed by atoms with Crippen LogP contribution < -0.4 is 15.5 Å². The van der Waals surface area contributed by atoms with Crippen molar-refractivity contribution in [3.8, 4) is 0 Å². The summed E-state index contributed by atoms with van der Waals surface area (Å²) < 4.78 is 13.8. The van der Waals surface area contributed by atoms with Crippen molar-refractivity contribution >= 4 is 23.0 Å². The van der Waals surface area contributed by atoms with Crippen LogP contribution in [-0.4, -0.2) is 23.1 Å². The monoisotopic (exact) mass is 391 g/mol. The number of nitrogens with one attached hydrogen (secondary N) is 2. The standard InChI is InChI=1S/C23H26FN5/c1-17-10-12-29(13-11-17)20-8-6-19(7-9-20)28-23-14-22(26-16-27-23)25-15-18-4-2-3-5-21(18)24/h2-9,14,16-17H,10-13,15H2,1H3,(H2,25,26,27,28). The van der Waals surface area contributed by atoms with Gasteiger partial charge >= 0.3 is 0 Å². The quantitative estimate of drug-likeness (QED) is 0.604. The molecule has 0 saturated carbocycles. The van der Waals surface area contributed by atoms with Crippen LogP contribution in [0.15, 0.2) is 60.9 Å². The summed E-state index contributed by atoms with van der Waals surface area (Å²) in [6.07, 6.45) is 4.00. The third kappa shape index (κ3) is 5.02. The van der Waals surface area contributed by atoms with Crippen LogP contribution >= 0.6 is 0 Å². The van der Waals surface area contributed by atoms with Crippen molar-refractivity contribution in [1.82, 2.24) is 9.97 Å². The van der Waals surface area contributed by atoms with Crippen LogP contribution in [0, 0.1) is 11.7 Å². The lowest BCUT2D eigenvalue weighted by Gasteiger charge is -2.32. The lowest BCUT2D eigenvalue weighted by atomic mass is 9.99. The van der Waals surface area contributed by atoms with E-state index in [0.717, 1.165) is 24.7 Å². The first-order valence-corrected chi connectivity index (χ1v) is 10.1. The molecule has 0 bridgehead atoms. The summed E-state index contributed by atoms with van der Waals surface area (Å²) in [7, 11) is 0. The molecule has 5 nitrogen and oxygen atoms in total. The summed E-state index contributed by atoms with van der Waals surface area (Å²) >= 11 is 0. The maximum absolute atomic E-state index is 13.8. The second kappa shape index (κ2) is 8.90. The van der Waals surface area contributed by atoms with E-state index in [-0.39, 0.29) is 5.82 Å². The minimum absolute atomic E-state index is 0.226. The van der Waals surface area contributed by atoms with E-state index in [4.69, 9.17) is 0 Å². The Labute approximate surface area is 171 Å². The van der Waals surface area contributed by atoms with Gasteiger partial charge in [0.25, 0.3) is 0 Å². The second-order valence-electron chi connectivity index (χ2n) is 7.57. The van der Waals surface area contributed by atoms with Gasteiger partial charge in [0, 0.05) is 42.6 Å². The number of anilines is 4. The Morgan fingerprint density at radius 3 is 2.48 bits per heavy atom. The topological polar surface area (TPSA) is 53.1 Å². The maximum Gasteiger partial charge on any atom is 0.135 e. The molecule has 3 aromatic rings. The van der Waals surface area contributed by atoms with E-state index in [0.29, 0.717) is 23.7 Å². The molecule has 4 rings (SSSR count). The van der Waals surface area contributed by atoms with Crippen molar-refractivity contribution in [1.29, 1.82) is 0 Å². The van der Waals surface area contributed by atoms with Crippen molar-refractivity contribution in [2.75, 3.05) is 28.6 Å². The summed E-state index contributed by atoms with van der Waals surface area (Å²) in [5.74, 6) is 1.93. The molecule has 1 aromatic heterocycles. The van der Waals surface area contributed by atoms with E-state index < -0.39 is 0 Å². The highest BCUT2D eigenvalue weighted by atomic mass is 19.1. The highest BCUT2D eigenvalue weighted by Gasteiger charge is 2.15. The van der Waals surface area contributed by atoms with Gasteiger partial charge in [0.15, 0.2) is 0 Å². The Morgan fingerprint density at radius 2 is 1.72 bits per heavy atom. The van der Waals surface area contributed by atoms with Crippen LogP contribution in [0.1, 0.15) is 25.3 Å². The van der Waals surface area contributed by atoms with Gasteiger partial charge in [-0.2, -0.15) is 0 Å². The van der Waals surface area contributed by atoms with Crippen molar-refractivity contribution in [2.24, 2.45) is 5.92 Å². The summed E-state index contributed by atoms with van der Waals surface area (Å²) in [5.41, 5.74) is 2.83. The van der Waals surface area contributed by atoms with Crippen molar-refractivity contribution in [2.45, 2.75) is 26.3 Å². The first kappa shape index (κ1) is 19.2. The largest absolute Gasteiger partial charge is 0.372 e. The summed E-state index contributed by atoms with van der Waals surface area (Å²) in [4.78, 5) is 10.9. The summed E-state index contributed by atoms with van der Waals surface area (Å²) in [6, 6.07) is 17.0. The Bertz CT molecular complexity index is 936. The molecule has 2 N–H and O–H groups in total. The summed E-state index contributed by atoms with van der Waals surface area (Å²) in [6.45, 7) is 4.94. The fraction of sp³-hybridized carbons (Fsp3) is 0.304. The van der Waals surface area contributed by atoms with Gasteiger partial charge in [-0.3, -0.25) is 0 Å². The third-order valence-corrected chi connectivity index (χ3v) is 5.37. The predicted octanol–water partition coefficient (Wildman–Crippen LogP) is 5.21. The van der Waals surface area contributed by atoms with Crippen molar-refractivity contribution in [3.63, 3.8) is 0 Å². The van der Waals surface area contributed by atoms with Crippen LogP contribution in [0.4, 0.5) is 27.4 Å². The molecule has 0 aliphatic carbocycles. The number of hydrogen-bond acceptors (Lipinski definition) is 5. The van der Waals surface area contributed by atoms with E-state index in [1.54, 1.807) is 12.1 Å². The molecule has 0 spiro atoms. The molecule has 1 fully saturated rings. The molecular formula is C23H26FN5. The predicted molar refractivity (Wildman–Crippen MR) is 116 cm³/mol. The molecule has 2 heterocycles. The van der Waals surface area contributed by atoms with Crippen molar-refractivity contribution < 1.29 is 4.39 Å². The van der Waals surface area contributed by atoms with E-state index >= 15 is 0 Å². The van der Waals surface area contributed by atoms with Gasteiger partial charge in [-0.15, -0.1) is 0 Å². The zero-order chi connectivity index (χ0) is 20.1. The third-order valence-electron chi connectivity index (χ3n) is 5.37. The summed E-state index contributed by atoms with van der Waals surface area (Å²) in [5, 5.41) is 6.45. The number of rotatable bonds is 6. The number of aromatic nitrogens is 2. The molecule has 6 heteroatoms. The number of piperidine rings is 1. The van der Waals surface area contributed by atoms with Gasteiger partial charge in [0.2, 0.25) is 0 Å². The molecule has 0 amide bonds. The van der Waals surface area contributed by atoms with Gasteiger partial charge in [0.1, 0.15) is 23.8 Å². The average Bonchev–Trinajstić information content (AvgIpc) is 2.75. The van der Waals surface area contributed by atoms with Gasteiger partial charge in [-0.1, -0.05) is 25.1 Å². The normalized spacial score (nSPS) is 14.6. The highest BCUT2D eigenvalue weighted by molar-refractivity contribution is 5.62. The molecule has 2 aromatic carbocycles. The Morgan fingerprint density at radius 1 is 1.00 bits per heavy atom. The highest BCUT2D eigenvalue weighted by Crippen LogP contribution is 2.25. The smallest absolute Gasteiger partial charge is 0.135 e. The van der Waals surface area contributed by atoms with E-state index in [1.165, 1.54) is 30.9 Å². The lowest BCUT2D eigenvalue weighted by Crippen LogP contribution is -2.32. The fourth-order valence-electron chi connectivity index (χ4n) is 3.52. The van der Waals surface area contributed by atoms with Crippen molar-refractivity contribution in [3.05, 3.63) is 72.3 Å². The van der Waals surface area contributed by atoms with Gasteiger partial charge < -0.3 is 15.5 Å². The molecule has 29 heavy (non-hydrogen) atoms. The molecule has 0 unspecified atom stereocenters. The Kier molecular flexibility index (Phi) is 5.89. The molecule has 1 aliphatic rings. The number of halogens is 1. The molecular weight excluding hydrogens is 365 g/mol. The minimum atomic E-state index is -0.226. The maximum atomic E-state index is 13.8. The van der Waals surface area contributed by atoms with E-state index in [2.05, 4.69) is 56.7 Å². The number of hydrogen-bond donors (Lipinski definition) is 2. The molecule has 1 aliphatic heterocycles. The SMILES string of the molecule is CC1CCN(c2ccc(Nc3cc(NCc4ccccc4F)ncn3)cc2)CC1.